The summed E-state index contributed by atoms with van der Waals surface area (Å²) in [6.07, 6.45) is 6.32. The molecule has 0 unspecified atom stereocenters. The number of hydrogen-bond donors (Lipinski definition) is 0. The highest BCUT2D eigenvalue weighted by molar-refractivity contribution is 5.86. The van der Waals surface area contributed by atoms with Crippen molar-refractivity contribution in [3.8, 4) is 0 Å². The third kappa shape index (κ3) is 7.27. The third-order valence-corrected chi connectivity index (χ3v) is 7.58. The van der Waals surface area contributed by atoms with Gasteiger partial charge < -0.3 is 9.80 Å². The summed E-state index contributed by atoms with van der Waals surface area (Å²) < 4.78 is 0. The molecule has 0 spiro atoms. The van der Waals surface area contributed by atoms with Crippen molar-refractivity contribution in [2.45, 2.75) is 12.8 Å². The zero-order chi connectivity index (χ0) is 29.3. The first-order valence-electron chi connectivity index (χ1n) is 14.6. The van der Waals surface area contributed by atoms with E-state index in [9.17, 15) is 0 Å². The van der Waals surface area contributed by atoms with Crippen molar-refractivity contribution >= 4 is 34.7 Å². The SMILES string of the molecule is CN(C)c1cc(C/C(=C/c2ccccc2)c2ccccc2)c(N(C)C)cc1C/C(=C/c1ccccc1)c1ccccc1. The van der Waals surface area contributed by atoms with Crippen LogP contribution in [0.5, 0.6) is 0 Å². The van der Waals surface area contributed by atoms with Gasteiger partial charge in [0.1, 0.15) is 0 Å². The first-order valence-corrected chi connectivity index (χ1v) is 14.6. The van der Waals surface area contributed by atoms with Gasteiger partial charge in [-0.1, -0.05) is 133 Å². The largest absolute Gasteiger partial charge is 0.377 e. The average Bonchev–Trinajstić information content (AvgIpc) is 3.02. The van der Waals surface area contributed by atoms with Gasteiger partial charge in [0.15, 0.2) is 0 Å². The molecule has 0 N–H and O–H groups in total. The Morgan fingerprint density at radius 1 is 0.452 bits per heavy atom. The Balaban J connectivity index is 1.60. The molecule has 0 radical (unpaired) electrons. The van der Waals surface area contributed by atoms with Crippen LogP contribution in [0.1, 0.15) is 33.4 Å². The number of benzene rings is 5. The topological polar surface area (TPSA) is 6.48 Å². The molecule has 0 aliphatic carbocycles. The first-order chi connectivity index (χ1) is 20.5. The summed E-state index contributed by atoms with van der Waals surface area (Å²) in [7, 11) is 8.61. The molecular weight excluding hydrogens is 508 g/mol. The molecule has 0 atom stereocenters. The first kappa shape index (κ1) is 28.7. The van der Waals surface area contributed by atoms with Gasteiger partial charge in [-0.15, -0.1) is 0 Å². The van der Waals surface area contributed by atoms with Gasteiger partial charge >= 0.3 is 0 Å². The Morgan fingerprint density at radius 2 is 0.762 bits per heavy atom. The Kier molecular flexibility index (Phi) is 9.36. The highest BCUT2D eigenvalue weighted by atomic mass is 15.1. The highest BCUT2D eigenvalue weighted by Gasteiger charge is 2.17. The van der Waals surface area contributed by atoms with Crippen molar-refractivity contribution < 1.29 is 0 Å². The molecule has 5 rings (SSSR count). The molecule has 0 amide bonds. The fourth-order valence-corrected chi connectivity index (χ4v) is 5.47. The summed E-state index contributed by atoms with van der Waals surface area (Å²) in [5.41, 5.74) is 12.6. The van der Waals surface area contributed by atoms with E-state index in [1.807, 2.05) is 0 Å². The maximum absolute atomic E-state index is 2.40. The number of hydrogen-bond acceptors (Lipinski definition) is 2. The van der Waals surface area contributed by atoms with Crippen molar-refractivity contribution in [1.29, 1.82) is 0 Å². The molecule has 2 nitrogen and oxygen atoms in total. The van der Waals surface area contributed by atoms with Crippen molar-refractivity contribution in [2.24, 2.45) is 0 Å². The monoisotopic (exact) mass is 548 g/mol. The van der Waals surface area contributed by atoms with E-state index >= 15 is 0 Å². The van der Waals surface area contributed by atoms with Crippen LogP contribution in [0.2, 0.25) is 0 Å². The second-order valence-corrected chi connectivity index (χ2v) is 11.1. The molecule has 5 aromatic rings. The third-order valence-electron chi connectivity index (χ3n) is 7.58. The van der Waals surface area contributed by atoms with Gasteiger partial charge in [-0.3, -0.25) is 0 Å². The van der Waals surface area contributed by atoms with Gasteiger partial charge in [0.05, 0.1) is 0 Å². The van der Waals surface area contributed by atoms with Crippen LogP contribution in [0.25, 0.3) is 23.3 Å². The van der Waals surface area contributed by atoms with Crippen LogP contribution in [0.4, 0.5) is 11.4 Å². The minimum Gasteiger partial charge on any atom is -0.377 e. The van der Waals surface area contributed by atoms with Crippen LogP contribution in [-0.4, -0.2) is 28.2 Å². The number of nitrogens with zero attached hydrogens (tertiary/aromatic N) is 2. The summed E-state index contributed by atoms with van der Waals surface area (Å²) in [6.45, 7) is 0. The Morgan fingerprint density at radius 3 is 1.07 bits per heavy atom. The van der Waals surface area contributed by atoms with E-state index in [-0.39, 0.29) is 0 Å². The molecule has 0 aromatic heterocycles. The fraction of sp³-hybridized carbons (Fsp3) is 0.150. The van der Waals surface area contributed by atoms with E-state index in [0.29, 0.717) is 0 Å². The molecule has 5 aromatic carbocycles. The van der Waals surface area contributed by atoms with Gasteiger partial charge in [-0.05, 0) is 56.7 Å². The van der Waals surface area contributed by atoms with Gasteiger partial charge in [-0.2, -0.15) is 0 Å². The molecular formula is C40H40N2. The van der Waals surface area contributed by atoms with Crippen molar-refractivity contribution in [3.05, 3.63) is 167 Å². The van der Waals surface area contributed by atoms with Gasteiger partial charge in [0, 0.05) is 52.4 Å². The molecule has 210 valence electrons. The minimum atomic E-state index is 0.832. The lowest BCUT2D eigenvalue weighted by molar-refractivity contribution is 1.05. The van der Waals surface area contributed by atoms with Crippen LogP contribution in [0.15, 0.2) is 133 Å². The summed E-state index contributed by atoms with van der Waals surface area (Å²) in [5, 5.41) is 0. The Bertz CT molecular complexity index is 1510. The van der Waals surface area contributed by atoms with Crippen LogP contribution in [0, 0.1) is 0 Å². The van der Waals surface area contributed by atoms with Crippen molar-refractivity contribution in [2.75, 3.05) is 38.0 Å². The lowest BCUT2D eigenvalue weighted by atomic mass is 9.90. The molecule has 0 heterocycles. The number of allylic oxidation sites excluding steroid dienone is 2. The fourth-order valence-electron chi connectivity index (χ4n) is 5.47. The van der Waals surface area contributed by atoms with Gasteiger partial charge in [0.2, 0.25) is 0 Å². The van der Waals surface area contributed by atoms with Crippen LogP contribution in [-0.2, 0) is 12.8 Å². The van der Waals surface area contributed by atoms with Crippen LogP contribution >= 0.6 is 0 Å². The Labute approximate surface area is 251 Å². The zero-order valence-electron chi connectivity index (χ0n) is 25.2. The van der Waals surface area contributed by atoms with Crippen LogP contribution < -0.4 is 9.80 Å². The quantitative estimate of drug-likeness (QED) is 0.160. The molecule has 2 heteroatoms. The number of anilines is 2. The van der Waals surface area contributed by atoms with Crippen LogP contribution in [0.3, 0.4) is 0 Å². The van der Waals surface area contributed by atoms with E-state index in [1.54, 1.807) is 0 Å². The molecule has 0 saturated carbocycles. The smallest absolute Gasteiger partial charge is 0.0401 e. The summed E-state index contributed by atoms with van der Waals surface area (Å²) in [6, 6.07) is 47.6. The summed E-state index contributed by atoms with van der Waals surface area (Å²) in [4.78, 5) is 4.51. The number of rotatable bonds is 10. The predicted octanol–water partition coefficient (Wildman–Crippen LogP) is 9.39. The standard InChI is InChI=1S/C40H40N2/c1-41(2)39-29-38(28-36(34-23-15-8-16-24-34)26-32-19-11-6-12-20-32)40(42(3)4)30-37(39)27-35(33-21-13-7-14-22-33)25-31-17-9-5-10-18-31/h5-26,29-30H,27-28H2,1-4H3/b35-25-,36-26-. The van der Waals surface area contributed by atoms with E-state index in [4.69, 9.17) is 0 Å². The molecule has 0 fully saturated rings. The van der Waals surface area contributed by atoms with E-state index < -0.39 is 0 Å². The minimum absolute atomic E-state index is 0.832. The maximum atomic E-state index is 2.40. The second-order valence-electron chi connectivity index (χ2n) is 11.1. The normalized spacial score (nSPS) is 11.8. The maximum Gasteiger partial charge on any atom is 0.0401 e. The van der Waals surface area contributed by atoms with E-state index in [0.717, 1.165) is 12.8 Å². The lowest BCUT2D eigenvalue weighted by Crippen LogP contribution is -2.16. The zero-order valence-corrected chi connectivity index (χ0v) is 25.2. The Hall–Kier alpha value is -4.82. The molecule has 0 aliphatic rings. The predicted molar refractivity (Wildman–Crippen MR) is 184 cm³/mol. The molecule has 0 bridgehead atoms. The molecule has 42 heavy (non-hydrogen) atoms. The van der Waals surface area contributed by atoms with Gasteiger partial charge in [0.25, 0.3) is 0 Å². The second kappa shape index (κ2) is 13.7. The average molecular weight is 549 g/mol. The lowest BCUT2D eigenvalue weighted by Gasteiger charge is -2.26. The summed E-state index contributed by atoms with van der Waals surface area (Å²) in [5.74, 6) is 0. The highest BCUT2D eigenvalue weighted by Crippen LogP contribution is 2.36. The summed E-state index contributed by atoms with van der Waals surface area (Å²) >= 11 is 0. The van der Waals surface area contributed by atoms with Gasteiger partial charge in [-0.25, -0.2) is 0 Å². The van der Waals surface area contributed by atoms with Crippen molar-refractivity contribution in [3.63, 3.8) is 0 Å². The van der Waals surface area contributed by atoms with E-state index in [2.05, 4.69) is 184 Å². The molecule has 0 saturated heterocycles. The molecule has 0 aliphatic heterocycles. The van der Waals surface area contributed by atoms with Crippen molar-refractivity contribution in [1.82, 2.24) is 0 Å². The van der Waals surface area contributed by atoms with E-state index in [1.165, 1.54) is 55.9 Å².